The van der Waals surface area contributed by atoms with Crippen molar-refractivity contribution in [1.82, 2.24) is 24.5 Å². The van der Waals surface area contributed by atoms with Crippen molar-refractivity contribution in [1.29, 1.82) is 0 Å². The van der Waals surface area contributed by atoms with Crippen LogP contribution in [-0.4, -0.2) is 30.5 Å². The van der Waals surface area contributed by atoms with Gasteiger partial charge in [0.25, 0.3) is 6.43 Å². The SMILES string of the molecule is Cc1nn(Cc2ccccc2Cl)c(C)c1NC(=O)Cn1nc(C)c2c(C(F)F)cc(C3CC3)nc21. The van der Waals surface area contributed by atoms with Crippen LogP contribution in [0, 0.1) is 20.8 Å². The van der Waals surface area contributed by atoms with Gasteiger partial charge in [0.05, 0.1) is 34.7 Å². The molecule has 0 atom stereocenters. The Morgan fingerprint density at radius 1 is 1.14 bits per heavy atom. The maximum absolute atomic E-state index is 13.8. The lowest BCUT2D eigenvalue weighted by atomic mass is 10.1. The van der Waals surface area contributed by atoms with Gasteiger partial charge in [0.2, 0.25) is 5.91 Å². The molecule has 182 valence electrons. The molecule has 35 heavy (non-hydrogen) atoms. The maximum Gasteiger partial charge on any atom is 0.264 e. The molecular formula is C25H25ClF2N6O. The molecule has 1 amide bonds. The molecule has 0 radical (unpaired) electrons. The van der Waals surface area contributed by atoms with Gasteiger partial charge in [-0.1, -0.05) is 29.8 Å². The van der Waals surface area contributed by atoms with Gasteiger partial charge >= 0.3 is 0 Å². The van der Waals surface area contributed by atoms with Gasteiger partial charge in [0.1, 0.15) is 6.54 Å². The molecule has 1 aromatic carbocycles. The minimum Gasteiger partial charge on any atom is -0.321 e. The standard InChI is InChI=1S/C25H25ClF2N6O/c1-13-22-18(24(27)28)10-20(16-8-9-16)29-25(22)34(31-13)12-21(35)30-23-14(2)32-33(15(23)3)11-17-6-4-5-7-19(17)26/h4-7,10,16,24H,8-9,11-12H2,1-3H3,(H,30,35). The zero-order valence-corrected chi connectivity index (χ0v) is 20.4. The minimum atomic E-state index is -2.64. The van der Waals surface area contributed by atoms with E-state index >= 15 is 0 Å². The smallest absolute Gasteiger partial charge is 0.264 e. The summed E-state index contributed by atoms with van der Waals surface area (Å²) in [5.41, 5.74) is 4.29. The summed E-state index contributed by atoms with van der Waals surface area (Å²) < 4.78 is 30.8. The van der Waals surface area contributed by atoms with Crippen LogP contribution >= 0.6 is 11.6 Å². The van der Waals surface area contributed by atoms with E-state index in [1.54, 1.807) is 11.6 Å². The number of aromatic nitrogens is 5. The number of carbonyl (C=O) groups is 1. The first-order valence-electron chi connectivity index (χ1n) is 11.5. The number of hydrogen-bond donors (Lipinski definition) is 1. The third-order valence-electron chi connectivity index (χ3n) is 6.38. The lowest BCUT2D eigenvalue weighted by Crippen LogP contribution is -2.20. The summed E-state index contributed by atoms with van der Waals surface area (Å²) in [5.74, 6) is -0.140. The molecule has 3 aromatic heterocycles. The van der Waals surface area contributed by atoms with Crippen LogP contribution in [0.15, 0.2) is 30.3 Å². The number of hydrogen-bond acceptors (Lipinski definition) is 4. The number of alkyl halides is 2. The Kier molecular flexibility index (Phi) is 6.04. The summed E-state index contributed by atoms with van der Waals surface area (Å²) >= 11 is 6.29. The van der Waals surface area contributed by atoms with Crippen LogP contribution in [0.25, 0.3) is 11.0 Å². The molecule has 4 aromatic rings. The van der Waals surface area contributed by atoms with Gasteiger partial charge in [-0.3, -0.25) is 9.48 Å². The summed E-state index contributed by atoms with van der Waals surface area (Å²) in [7, 11) is 0. The normalized spacial score (nSPS) is 13.7. The number of halogens is 3. The molecule has 3 heterocycles. The van der Waals surface area contributed by atoms with Gasteiger partial charge in [-0.05, 0) is 51.3 Å². The van der Waals surface area contributed by atoms with E-state index in [4.69, 9.17) is 11.6 Å². The fraction of sp³-hybridized carbons (Fsp3) is 0.360. The van der Waals surface area contributed by atoms with Crippen LogP contribution in [0.4, 0.5) is 14.5 Å². The Morgan fingerprint density at radius 3 is 2.54 bits per heavy atom. The van der Waals surface area contributed by atoms with Crippen LogP contribution in [0.5, 0.6) is 0 Å². The highest BCUT2D eigenvalue weighted by molar-refractivity contribution is 6.31. The number of aryl methyl sites for hydroxylation is 2. The minimum absolute atomic E-state index is 0.0754. The zero-order valence-electron chi connectivity index (χ0n) is 19.6. The van der Waals surface area contributed by atoms with Gasteiger partial charge in [0, 0.05) is 22.2 Å². The van der Waals surface area contributed by atoms with Crippen LogP contribution in [0.3, 0.4) is 0 Å². The van der Waals surface area contributed by atoms with E-state index in [1.807, 2.05) is 38.1 Å². The monoisotopic (exact) mass is 498 g/mol. The molecule has 0 bridgehead atoms. The zero-order chi connectivity index (χ0) is 24.9. The number of nitrogens with one attached hydrogen (secondary N) is 1. The highest BCUT2D eigenvalue weighted by atomic mass is 35.5. The first-order chi connectivity index (χ1) is 16.7. The molecule has 1 saturated carbocycles. The summed E-state index contributed by atoms with van der Waals surface area (Å²) in [6.07, 6.45) is -0.769. The van der Waals surface area contributed by atoms with Crippen LogP contribution < -0.4 is 5.32 Å². The molecule has 0 saturated heterocycles. The molecule has 0 aliphatic heterocycles. The summed E-state index contributed by atoms with van der Waals surface area (Å²) in [5, 5.41) is 12.8. The molecule has 1 fully saturated rings. The van der Waals surface area contributed by atoms with Crippen molar-refractivity contribution in [3.63, 3.8) is 0 Å². The highest BCUT2D eigenvalue weighted by Crippen LogP contribution is 2.42. The molecule has 1 N–H and O–H groups in total. The first-order valence-corrected chi connectivity index (χ1v) is 11.8. The van der Waals surface area contributed by atoms with Crippen molar-refractivity contribution in [2.24, 2.45) is 0 Å². The van der Waals surface area contributed by atoms with Crippen molar-refractivity contribution in [3.8, 4) is 0 Å². The Balaban J connectivity index is 1.41. The van der Waals surface area contributed by atoms with E-state index in [0.717, 1.165) is 24.1 Å². The van der Waals surface area contributed by atoms with E-state index in [9.17, 15) is 13.6 Å². The molecule has 7 nitrogen and oxygen atoms in total. The Hall–Kier alpha value is -3.33. The number of carbonyl (C=O) groups excluding carboxylic acids is 1. The Labute approximate surface area is 206 Å². The third kappa shape index (κ3) is 4.52. The molecule has 0 unspecified atom stereocenters. The first kappa shape index (κ1) is 23.4. The molecule has 10 heteroatoms. The second kappa shape index (κ2) is 9.03. The van der Waals surface area contributed by atoms with Crippen molar-refractivity contribution >= 4 is 34.2 Å². The van der Waals surface area contributed by atoms with Gasteiger partial charge in [0.15, 0.2) is 5.65 Å². The average molecular weight is 499 g/mol. The number of fused-ring (bicyclic) bond motifs is 1. The Morgan fingerprint density at radius 2 is 1.86 bits per heavy atom. The molecule has 1 aliphatic carbocycles. The predicted molar refractivity (Wildman–Crippen MR) is 130 cm³/mol. The number of pyridine rings is 1. The lowest BCUT2D eigenvalue weighted by molar-refractivity contribution is -0.116. The predicted octanol–water partition coefficient (Wildman–Crippen LogP) is 5.71. The quantitative estimate of drug-likeness (QED) is 0.354. The van der Waals surface area contributed by atoms with Crippen LogP contribution in [0.1, 0.15) is 59.1 Å². The molecule has 5 rings (SSSR count). The molecule has 0 spiro atoms. The van der Waals surface area contributed by atoms with Gasteiger partial charge in [-0.15, -0.1) is 0 Å². The van der Waals surface area contributed by atoms with E-state index in [2.05, 4.69) is 20.5 Å². The van der Waals surface area contributed by atoms with E-state index in [1.165, 1.54) is 10.7 Å². The number of benzene rings is 1. The van der Waals surface area contributed by atoms with Gasteiger partial charge in [-0.2, -0.15) is 10.2 Å². The van der Waals surface area contributed by atoms with E-state index < -0.39 is 6.43 Å². The van der Waals surface area contributed by atoms with Gasteiger partial charge < -0.3 is 5.32 Å². The summed E-state index contributed by atoms with van der Waals surface area (Å²) in [6, 6.07) is 9.02. The second-order valence-corrected chi connectivity index (χ2v) is 9.40. The third-order valence-corrected chi connectivity index (χ3v) is 6.74. The van der Waals surface area contributed by atoms with Crippen LogP contribution in [-0.2, 0) is 17.9 Å². The average Bonchev–Trinajstić information content (AvgIpc) is 3.58. The number of anilines is 1. The maximum atomic E-state index is 13.8. The van der Waals surface area contributed by atoms with Crippen molar-refractivity contribution < 1.29 is 13.6 Å². The van der Waals surface area contributed by atoms with Crippen molar-refractivity contribution in [2.75, 3.05) is 5.32 Å². The number of rotatable bonds is 7. The topological polar surface area (TPSA) is 77.6 Å². The van der Waals surface area contributed by atoms with Crippen molar-refractivity contribution in [3.05, 3.63) is 69.3 Å². The molecule has 1 aliphatic rings. The summed E-state index contributed by atoms with van der Waals surface area (Å²) in [4.78, 5) is 17.6. The molecular weight excluding hydrogens is 474 g/mol. The van der Waals surface area contributed by atoms with E-state index in [-0.39, 0.29) is 23.9 Å². The summed E-state index contributed by atoms with van der Waals surface area (Å²) in [6.45, 7) is 5.67. The fourth-order valence-electron chi connectivity index (χ4n) is 4.41. The second-order valence-electron chi connectivity index (χ2n) is 9.00. The Bertz CT molecular complexity index is 1440. The van der Waals surface area contributed by atoms with Crippen LogP contribution in [0.2, 0.25) is 5.02 Å². The number of amides is 1. The fourth-order valence-corrected chi connectivity index (χ4v) is 4.61. The largest absolute Gasteiger partial charge is 0.321 e. The van der Waals surface area contributed by atoms with Crippen molar-refractivity contribution in [2.45, 2.75) is 59.0 Å². The lowest BCUT2D eigenvalue weighted by Gasteiger charge is -2.10. The van der Waals surface area contributed by atoms with Gasteiger partial charge in [-0.25, -0.2) is 18.4 Å². The number of nitrogens with zero attached hydrogens (tertiary/aromatic N) is 5. The van der Waals surface area contributed by atoms with E-state index in [0.29, 0.717) is 45.4 Å². The highest BCUT2D eigenvalue weighted by Gasteiger charge is 2.29.